The van der Waals surface area contributed by atoms with E-state index in [1.807, 2.05) is 18.2 Å². The minimum atomic E-state index is -1.20. The number of hydrogen-bond donors (Lipinski definition) is 0. The quantitative estimate of drug-likeness (QED) is 0.822. The summed E-state index contributed by atoms with van der Waals surface area (Å²) in [6, 6.07) is 7.33. The summed E-state index contributed by atoms with van der Waals surface area (Å²) in [6.45, 7) is 2.06. The molecule has 1 saturated heterocycles. The van der Waals surface area contributed by atoms with Gasteiger partial charge in [0.2, 0.25) is 0 Å². The maximum Gasteiger partial charge on any atom is 0.313 e. The average molecular weight is 248 g/mol. The van der Waals surface area contributed by atoms with Crippen LogP contribution in [0.25, 0.3) is 0 Å². The van der Waals surface area contributed by atoms with E-state index in [0.29, 0.717) is 11.1 Å². The van der Waals surface area contributed by atoms with Gasteiger partial charge in [0.25, 0.3) is 0 Å². The second-order valence-corrected chi connectivity index (χ2v) is 4.65. The van der Waals surface area contributed by atoms with Crippen molar-refractivity contribution < 1.29 is 19.0 Å². The standard InChI is InChI=1S/C14H16O4/c1-3-6-11-13-12(15)9-7-4-5-8-10(9)14(16-2,17-11)18-13/h4-5,7-8,11,13H,3,6H2,1-2H3/t11-,13+,14-/m0/s1. The molecular weight excluding hydrogens is 232 g/mol. The van der Waals surface area contributed by atoms with Gasteiger partial charge in [-0.1, -0.05) is 37.6 Å². The van der Waals surface area contributed by atoms with Crippen LogP contribution in [-0.2, 0) is 20.2 Å². The van der Waals surface area contributed by atoms with E-state index in [1.165, 1.54) is 7.11 Å². The number of carbonyl (C=O) groups is 1. The van der Waals surface area contributed by atoms with Crippen molar-refractivity contribution in [3.05, 3.63) is 35.4 Å². The van der Waals surface area contributed by atoms with Crippen molar-refractivity contribution in [2.75, 3.05) is 7.11 Å². The monoisotopic (exact) mass is 248 g/mol. The molecular formula is C14H16O4. The largest absolute Gasteiger partial charge is 0.327 e. The second-order valence-electron chi connectivity index (χ2n) is 4.65. The van der Waals surface area contributed by atoms with Crippen LogP contribution in [-0.4, -0.2) is 25.1 Å². The number of fused-ring (bicyclic) bond motifs is 4. The topological polar surface area (TPSA) is 44.8 Å². The van der Waals surface area contributed by atoms with Crippen molar-refractivity contribution in [3.8, 4) is 0 Å². The molecule has 1 aromatic carbocycles. The Morgan fingerprint density at radius 3 is 2.83 bits per heavy atom. The van der Waals surface area contributed by atoms with E-state index < -0.39 is 12.1 Å². The molecule has 0 spiro atoms. The average Bonchev–Trinajstić information content (AvgIpc) is 2.75. The fraction of sp³-hybridized carbons (Fsp3) is 0.500. The third-order valence-electron chi connectivity index (χ3n) is 3.55. The lowest BCUT2D eigenvalue weighted by atomic mass is 9.94. The molecule has 4 heteroatoms. The third kappa shape index (κ3) is 1.46. The molecule has 1 fully saturated rings. The number of rotatable bonds is 3. The molecule has 3 rings (SSSR count). The van der Waals surface area contributed by atoms with Crippen LogP contribution < -0.4 is 0 Å². The molecule has 0 aliphatic carbocycles. The normalized spacial score (nSPS) is 33.6. The van der Waals surface area contributed by atoms with Gasteiger partial charge in [0.15, 0.2) is 11.9 Å². The molecule has 3 atom stereocenters. The first-order chi connectivity index (χ1) is 8.72. The number of methoxy groups -OCH3 is 1. The van der Waals surface area contributed by atoms with E-state index in [2.05, 4.69) is 6.92 Å². The third-order valence-corrected chi connectivity index (χ3v) is 3.55. The van der Waals surface area contributed by atoms with Crippen molar-refractivity contribution in [1.82, 2.24) is 0 Å². The lowest BCUT2D eigenvalue weighted by Crippen LogP contribution is -2.39. The van der Waals surface area contributed by atoms with Gasteiger partial charge < -0.3 is 14.2 Å². The zero-order valence-corrected chi connectivity index (χ0v) is 10.5. The first-order valence-electron chi connectivity index (χ1n) is 6.26. The summed E-state index contributed by atoms with van der Waals surface area (Å²) in [5.41, 5.74) is 1.32. The minimum absolute atomic E-state index is 0.00535. The number of benzene rings is 1. The Hall–Kier alpha value is -1.23. The predicted octanol–water partition coefficient (Wildman–Crippen LogP) is 2.22. The summed E-state index contributed by atoms with van der Waals surface area (Å²) < 4.78 is 17.1. The summed E-state index contributed by atoms with van der Waals surface area (Å²) in [4.78, 5) is 12.4. The van der Waals surface area contributed by atoms with E-state index >= 15 is 0 Å². The summed E-state index contributed by atoms with van der Waals surface area (Å²) in [6.07, 6.45) is 0.957. The van der Waals surface area contributed by atoms with Crippen LogP contribution in [0, 0.1) is 0 Å². The van der Waals surface area contributed by atoms with Crippen LogP contribution in [0.15, 0.2) is 24.3 Å². The molecule has 0 radical (unpaired) electrons. The summed E-state index contributed by atoms with van der Waals surface area (Å²) in [5, 5.41) is 0. The molecule has 18 heavy (non-hydrogen) atoms. The number of Topliss-reactive ketones (excluding diaryl/α,β-unsaturated/α-hetero) is 1. The summed E-state index contributed by atoms with van der Waals surface area (Å²) in [5.74, 6) is -1.20. The van der Waals surface area contributed by atoms with Crippen molar-refractivity contribution >= 4 is 5.78 Å². The van der Waals surface area contributed by atoms with Gasteiger partial charge in [-0.15, -0.1) is 0 Å². The lowest BCUT2D eigenvalue weighted by molar-refractivity contribution is -0.343. The number of ether oxygens (including phenoxy) is 3. The van der Waals surface area contributed by atoms with E-state index in [1.54, 1.807) is 6.07 Å². The Kier molecular flexibility index (Phi) is 2.73. The van der Waals surface area contributed by atoms with Crippen LogP contribution in [0.2, 0.25) is 0 Å². The van der Waals surface area contributed by atoms with Crippen molar-refractivity contribution in [1.29, 1.82) is 0 Å². The van der Waals surface area contributed by atoms with E-state index in [9.17, 15) is 4.79 Å². The molecule has 0 saturated carbocycles. The van der Waals surface area contributed by atoms with Crippen LogP contribution in [0.4, 0.5) is 0 Å². The SMILES string of the molecule is CCC[C@@H]1O[C@]2(OC)O[C@H]1C(=O)c1ccccc12. The van der Waals surface area contributed by atoms with E-state index in [0.717, 1.165) is 12.8 Å². The second kappa shape index (κ2) is 4.16. The highest BCUT2D eigenvalue weighted by atomic mass is 16.9. The Morgan fingerprint density at radius 2 is 2.11 bits per heavy atom. The first kappa shape index (κ1) is 11.8. The molecule has 96 valence electrons. The highest BCUT2D eigenvalue weighted by Crippen LogP contribution is 2.46. The van der Waals surface area contributed by atoms with Crippen molar-refractivity contribution in [2.45, 2.75) is 37.9 Å². The van der Waals surface area contributed by atoms with Gasteiger partial charge in [-0.25, -0.2) is 0 Å². The Bertz CT molecular complexity index is 484. The zero-order chi connectivity index (χ0) is 12.8. The minimum Gasteiger partial charge on any atom is -0.327 e. The highest BCUT2D eigenvalue weighted by molar-refractivity contribution is 6.02. The molecule has 0 amide bonds. The van der Waals surface area contributed by atoms with Crippen LogP contribution >= 0.6 is 0 Å². The molecule has 2 bridgehead atoms. The van der Waals surface area contributed by atoms with Gasteiger partial charge in [0, 0.05) is 12.7 Å². The molecule has 2 aliphatic heterocycles. The maximum absolute atomic E-state index is 12.4. The molecule has 0 aromatic heterocycles. The van der Waals surface area contributed by atoms with E-state index in [4.69, 9.17) is 14.2 Å². The fourth-order valence-corrected chi connectivity index (χ4v) is 2.70. The van der Waals surface area contributed by atoms with Crippen LogP contribution in [0.1, 0.15) is 35.7 Å². The highest BCUT2D eigenvalue weighted by Gasteiger charge is 2.57. The molecule has 2 aliphatic rings. The fourth-order valence-electron chi connectivity index (χ4n) is 2.70. The zero-order valence-electron chi connectivity index (χ0n) is 10.5. The molecule has 2 heterocycles. The van der Waals surface area contributed by atoms with Crippen molar-refractivity contribution in [2.24, 2.45) is 0 Å². The lowest BCUT2D eigenvalue weighted by Gasteiger charge is -2.30. The van der Waals surface area contributed by atoms with Crippen LogP contribution in [0.3, 0.4) is 0 Å². The Morgan fingerprint density at radius 1 is 1.33 bits per heavy atom. The van der Waals surface area contributed by atoms with Gasteiger partial charge in [-0.05, 0) is 6.42 Å². The molecule has 4 nitrogen and oxygen atoms in total. The maximum atomic E-state index is 12.4. The van der Waals surface area contributed by atoms with E-state index in [-0.39, 0.29) is 11.9 Å². The Labute approximate surface area is 106 Å². The Balaban J connectivity index is 2.10. The van der Waals surface area contributed by atoms with Gasteiger partial charge in [0.1, 0.15) is 0 Å². The van der Waals surface area contributed by atoms with Gasteiger partial charge in [-0.3, -0.25) is 4.79 Å². The molecule has 1 aromatic rings. The number of ketones is 1. The predicted molar refractivity (Wildman–Crippen MR) is 64.1 cm³/mol. The summed E-state index contributed by atoms with van der Waals surface area (Å²) >= 11 is 0. The van der Waals surface area contributed by atoms with Crippen molar-refractivity contribution in [3.63, 3.8) is 0 Å². The molecule has 0 N–H and O–H groups in total. The van der Waals surface area contributed by atoms with Gasteiger partial charge in [0.05, 0.1) is 11.7 Å². The van der Waals surface area contributed by atoms with Gasteiger partial charge in [-0.2, -0.15) is 0 Å². The van der Waals surface area contributed by atoms with Gasteiger partial charge >= 0.3 is 5.97 Å². The smallest absolute Gasteiger partial charge is 0.313 e. The van der Waals surface area contributed by atoms with Crippen LogP contribution in [0.5, 0.6) is 0 Å². The number of hydrogen-bond acceptors (Lipinski definition) is 4. The number of carbonyl (C=O) groups excluding carboxylic acids is 1. The summed E-state index contributed by atoms with van der Waals surface area (Å²) in [7, 11) is 1.54. The molecule has 0 unspecified atom stereocenters. The first-order valence-corrected chi connectivity index (χ1v) is 6.26.